The molecule has 0 N–H and O–H groups in total. The molecule has 1 aliphatic heterocycles. The SMILES string of the molecule is Cc1ccc(C2(C)c3ccccc3C(=O)N2Cc2ccccc2)cc1. The van der Waals surface area contributed by atoms with Gasteiger partial charge in [-0.3, -0.25) is 4.79 Å². The zero-order valence-corrected chi connectivity index (χ0v) is 14.6. The number of aryl methyl sites for hydroxylation is 1. The van der Waals surface area contributed by atoms with Crippen molar-refractivity contribution in [1.82, 2.24) is 4.90 Å². The standard InChI is InChI=1S/C23H21NO/c1-17-12-14-19(15-13-17)23(2)21-11-7-6-10-20(21)22(25)24(23)16-18-8-4-3-5-9-18/h3-15H,16H2,1-2H3. The van der Waals surface area contributed by atoms with Gasteiger partial charge in [0.1, 0.15) is 0 Å². The van der Waals surface area contributed by atoms with Crippen LogP contribution >= 0.6 is 0 Å². The Balaban J connectivity index is 1.87. The number of amides is 1. The van der Waals surface area contributed by atoms with E-state index in [2.05, 4.69) is 56.3 Å². The predicted octanol–water partition coefficient (Wildman–Crippen LogP) is 4.91. The van der Waals surface area contributed by atoms with Crippen molar-refractivity contribution in [2.45, 2.75) is 25.9 Å². The lowest BCUT2D eigenvalue weighted by Crippen LogP contribution is -2.41. The molecule has 0 bridgehead atoms. The van der Waals surface area contributed by atoms with Crippen LogP contribution in [0.2, 0.25) is 0 Å². The Bertz CT molecular complexity index is 914. The van der Waals surface area contributed by atoms with Crippen molar-refractivity contribution >= 4 is 5.91 Å². The van der Waals surface area contributed by atoms with E-state index in [1.807, 2.05) is 41.3 Å². The molecule has 3 aromatic carbocycles. The lowest BCUT2D eigenvalue weighted by atomic mass is 9.84. The minimum Gasteiger partial charge on any atom is -0.321 e. The normalized spacial score (nSPS) is 19.1. The molecule has 0 aliphatic carbocycles. The molecule has 0 saturated carbocycles. The maximum absolute atomic E-state index is 13.2. The van der Waals surface area contributed by atoms with Crippen LogP contribution in [-0.4, -0.2) is 10.8 Å². The van der Waals surface area contributed by atoms with E-state index in [0.29, 0.717) is 6.54 Å². The fourth-order valence-electron chi connectivity index (χ4n) is 3.77. The monoisotopic (exact) mass is 327 g/mol. The second-order valence-electron chi connectivity index (χ2n) is 6.86. The summed E-state index contributed by atoms with van der Waals surface area (Å²) in [4.78, 5) is 15.2. The van der Waals surface area contributed by atoms with Crippen LogP contribution in [0.15, 0.2) is 78.9 Å². The molecule has 0 fully saturated rings. The highest BCUT2D eigenvalue weighted by atomic mass is 16.2. The van der Waals surface area contributed by atoms with Crippen LogP contribution in [0.1, 0.15) is 39.5 Å². The van der Waals surface area contributed by atoms with E-state index in [1.165, 1.54) is 5.56 Å². The molecule has 1 heterocycles. The Labute approximate surface area is 148 Å². The van der Waals surface area contributed by atoms with Gasteiger partial charge in [0.2, 0.25) is 0 Å². The maximum Gasteiger partial charge on any atom is 0.255 e. The van der Waals surface area contributed by atoms with E-state index in [-0.39, 0.29) is 5.91 Å². The summed E-state index contributed by atoms with van der Waals surface area (Å²) in [5.74, 6) is 0.0996. The van der Waals surface area contributed by atoms with Crippen LogP contribution in [0, 0.1) is 6.92 Å². The molecule has 1 unspecified atom stereocenters. The number of rotatable bonds is 3. The number of carbonyl (C=O) groups is 1. The molecule has 0 aromatic heterocycles. The molecule has 1 aliphatic rings. The van der Waals surface area contributed by atoms with Gasteiger partial charge in [0.25, 0.3) is 5.91 Å². The van der Waals surface area contributed by atoms with E-state index in [9.17, 15) is 4.79 Å². The predicted molar refractivity (Wildman–Crippen MR) is 100 cm³/mol. The minimum atomic E-state index is -0.461. The van der Waals surface area contributed by atoms with Crippen LogP contribution in [0.25, 0.3) is 0 Å². The average molecular weight is 327 g/mol. The van der Waals surface area contributed by atoms with Gasteiger partial charge in [-0.25, -0.2) is 0 Å². The number of hydrogen-bond acceptors (Lipinski definition) is 1. The molecule has 3 aromatic rings. The quantitative estimate of drug-likeness (QED) is 0.669. The van der Waals surface area contributed by atoms with Gasteiger partial charge in [0.05, 0.1) is 5.54 Å². The van der Waals surface area contributed by atoms with Crippen LogP contribution in [-0.2, 0) is 12.1 Å². The summed E-state index contributed by atoms with van der Waals surface area (Å²) in [5.41, 5.74) is 4.94. The summed E-state index contributed by atoms with van der Waals surface area (Å²) >= 11 is 0. The fraction of sp³-hybridized carbons (Fsp3) is 0.174. The number of nitrogens with zero attached hydrogens (tertiary/aromatic N) is 1. The molecule has 0 saturated heterocycles. The summed E-state index contributed by atoms with van der Waals surface area (Å²) in [6.45, 7) is 4.84. The Morgan fingerprint density at radius 2 is 1.48 bits per heavy atom. The van der Waals surface area contributed by atoms with Crippen molar-refractivity contribution in [1.29, 1.82) is 0 Å². The Morgan fingerprint density at radius 1 is 0.840 bits per heavy atom. The summed E-state index contributed by atoms with van der Waals surface area (Å²) < 4.78 is 0. The summed E-state index contributed by atoms with van der Waals surface area (Å²) in [7, 11) is 0. The van der Waals surface area contributed by atoms with Crippen LogP contribution in [0.4, 0.5) is 0 Å². The Hall–Kier alpha value is -2.87. The molecule has 25 heavy (non-hydrogen) atoms. The third-order valence-electron chi connectivity index (χ3n) is 5.26. The number of carbonyl (C=O) groups excluding carboxylic acids is 1. The zero-order chi connectivity index (χ0) is 17.4. The van der Waals surface area contributed by atoms with Crippen molar-refractivity contribution in [3.8, 4) is 0 Å². The van der Waals surface area contributed by atoms with Gasteiger partial charge in [-0.2, -0.15) is 0 Å². The number of benzene rings is 3. The Morgan fingerprint density at radius 3 is 2.20 bits per heavy atom. The lowest BCUT2D eigenvalue weighted by Gasteiger charge is -2.37. The molecule has 2 nitrogen and oxygen atoms in total. The largest absolute Gasteiger partial charge is 0.321 e. The highest BCUT2D eigenvalue weighted by molar-refractivity contribution is 6.00. The molecule has 1 atom stereocenters. The maximum atomic E-state index is 13.2. The number of fused-ring (bicyclic) bond motifs is 1. The van der Waals surface area contributed by atoms with Crippen LogP contribution in [0.5, 0.6) is 0 Å². The molecule has 2 heteroatoms. The topological polar surface area (TPSA) is 20.3 Å². The second-order valence-corrected chi connectivity index (χ2v) is 6.86. The van der Waals surface area contributed by atoms with Gasteiger partial charge in [-0.1, -0.05) is 78.4 Å². The first-order chi connectivity index (χ1) is 12.1. The molecular formula is C23H21NO. The molecular weight excluding hydrogens is 306 g/mol. The molecule has 0 spiro atoms. The molecule has 1 amide bonds. The first-order valence-electron chi connectivity index (χ1n) is 8.63. The zero-order valence-electron chi connectivity index (χ0n) is 14.6. The highest BCUT2D eigenvalue weighted by Crippen LogP contribution is 2.44. The van der Waals surface area contributed by atoms with Crippen molar-refractivity contribution in [2.75, 3.05) is 0 Å². The third-order valence-corrected chi connectivity index (χ3v) is 5.26. The van der Waals surface area contributed by atoms with Crippen molar-refractivity contribution < 1.29 is 4.79 Å². The molecule has 124 valence electrons. The van der Waals surface area contributed by atoms with Gasteiger partial charge in [0, 0.05) is 12.1 Å². The van der Waals surface area contributed by atoms with Crippen molar-refractivity contribution in [2.24, 2.45) is 0 Å². The third kappa shape index (κ3) is 2.45. The summed E-state index contributed by atoms with van der Waals surface area (Å²) in [6.07, 6.45) is 0. The van der Waals surface area contributed by atoms with Crippen molar-refractivity contribution in [3.63, 3.8) is 0 Å². The fourth-order valence-corrected chi connectivity index (χ4v) is 3.77. The van der Waals surface area contributed by atoms with Gasteiger partial charge < -0.3 is 4.90 Å². The summed E-state index contributed by atoms with van der Waals surface area (Å²) in [5, 5.41) is 0. The van der Waals surface area contributed by atoms with Gasteiger partial charge in [-0.15, -0.1) is 0 Å². The van der Waals surface area contributed by atoms with E-state index >= 15 is 0 Å². The highest BCUT2D eigenvalue weighted by Gasteiger charge is 2.47. The first-order valence-corrected chi connectivity index (χ1v) is 8.63. The Kier molecular flexibility index (Phi) is 3.69. The van der Waals surface area contributed by atoms with E-state index in [1.54, 1.807) is 0 Å². The van der Waals surface area contributed by atoms with Gasteiger partial charge >= 0.3 is 0 Å². The van der Waals surface area contributed by atoms with E-state index in [4.69, 9.17) is 0 Å². The molecule has 0 radical (unpaired) electrons. The van der Waals surface area contributed by atoms with Crippen LogP contribution < -0.4 is 0 Å². The average Bonchev–Trinajstić information content (AvgIpc) is 2.86. The lowest BCUT2D eigenvalue weighted by molar-refractivity contribution is 0.0630. The first kappa shape index (κ1) is 15.6. The van der Waals surface area contributed by atoms with E-state index < -0.39 is 5.54 Å². The van der Waals surface area contributed by atoms with Crippen molar-refractivity contribution in [3.05, 3.63) is 107 Å². The summed E-state index contributed by atoms with van der Waals surface area (Å²) in [6, 6.07) is 26.7. The second kappa shape index (κ2) is 5.89. The van der Waals surface area contributed by atoms with Crippen LogP contribution in [0.3, 0.4) is 0 Å². The van der Waals surface area contributed by atoms with Gasteiger partial charge in [0.15, 0.2) is 0 Å². The molecule has 4 rings (SSSR count). The van der Waals surface area contributed by atoms with E-state index in [0.717, 1.165) is 22.3 Å². The smallest absolute Gasteiger partial charge is 0.255 e. The van der Waals surface area contributed by atoms with Gasteiger partial charge in [-0.05, 0) is 36.6 Å². The minimum absolute atomic E-state index is 0.0996. The number of hydrogen-bond donors (Lipinski definition) is 0.